The summed E-state index contributed by atoms with van der Waals surface area (Å²) in [6.07, 6.45) is 1.64. The molecule has 0 bridgehead atoms. The fourth-order valence-electron chi connectivity index (χ4n) is 0.765. The van der Waals surface area contributed by atoms with Gasteiger partial charge in [0.1, 0.15) is 0 Å². The third-order valence-electron chi connectivity index (χ3n) is 1.30. The number of hydrogen-bond donors (Lipinski definition) is 0. The monoisotopic (exact) mass is 165 g/mol. The number of pyridine rings is 1. The smallest absolute Gasteiger partial charge is 0.159 e. The van der Waals surface area contributed by atoms with Crippen LogP contribution in [0.3, 0.4) is 0 Å². The zero-order valence-electron chi connectivity index (χ0n) is 8.09. The van der Waals surface area contributed by atoms with Gasteiger partial charge in [0.2, 0.25) is 0 Å². The molecule has 0 unspecified atom stereocenters. The van der Waals surface area contributed by atoms with Crippen LogP contribution in [0.2, 0.25) is 0 Å². The van der Waals surface area contributed by atoms with Gasteiger partial charge in [-0.05, 0) is 26.0 Å². The molecule has 0 radical (unpaired) electrons. The highest BCUT2D eigenvalue weighted by Gasteiger charge is 1.96. The minimum atomic E-state index is 0.0884. The molecule has 0 fully saturated rings. The number of aromatic nitrogens is 1. The largest absolute Gasteiger partial charge is 0.295 e. The molecule has 0 saturated heterocycles. The number of Topliss-reactive ketones (excluding diaryl/α,β-unsaturated/α-hetero) is 1. The van der Waals surface area contributed by atoms with Crippen molar-refractivity contribution >= 4 is 5.78 Å². The Labute approximate surface area is 73.6 Å². The van der Waals surface area contributed by atoms with Gasteiger partial charge in [-0.25, -0.2) is 0 Å². The maximum atomic E-state index is 10.8. The van der Waals surface area contributed by atoms with E-state index in [0.29, 0.717) is 0 Å². The molecular formula is C10H15NO. The van der Waals surface area contributed by atoms with Gasteiger partial charge in [-0.15, -0.1) is 0 Å². The number of carbonyl (C=O) groups is 1. The lowest BCUT2D eigenvalue weighted by atomic mass is 10.2. The number of rotatable bonds is 1. The second-order valence-electron chi connectivity index (χ2n) is 2.24. The molecule has 1 rings (SSSR count). The number of carbonyl (C=O) groups excluding carboxylic acids is 1. The topological polar surface area (TPSA) is 30.0 Å². The maximum absolute atomic E-state index is 10.8. The Morgan fingerprint density at radius 2 is 2.00 bits per heavy atom. The van der Waals surface area contributed by atoms with Gasteiger partial charge in [0.05, 0.1) is 0 Å². The molecule has 0 aromatic carbocycles. The van der Waals surface area contributed by atoms with E-state index in [1.807, 2.05) is 20.8 Å². The molecule has 2 heteroatoms. The van der Waals surface area contributed by atoms with E-state index in [1.54, 1.807) is 25.3 Å². The lowest BCUT2D eigenvalue weighted by Gasteiger charge is -1.94. The SMILES string of the molecule is CC.CC(=O)c1ccnc(C)c1. The summed E-state index contributed by atoms with van der Waals surface area (Å²) < 4.78 is 0. The highest BCUT2D eigenvalue weighted by molar-refractivity contribution is 5.93. The molecule has 66 valence electrons. The van der Waals surface area contributed by atoms with Crippen molar-refractivity contribution in [2.45, 2.75) is 27.7 Å². The standard InChI is InChI=1S/C8H9NO.C2H6/c1-6-5-8(7(2)10)3-4-9-6;1-2/h3-5H,1-2H3;1-2H3. The summed E-state index contributed by atoms with van der Waals surface area (Å²) in [6.45, 7) is 7.42. The normalized spacial score (nSPS) is 8.33. The van der Waals surface area contributed by atoms with Crippen LogP contribution >= 0.6 is 0 Å². The first kappa shape index (κ1) is 10.8. The molecule has 0 aliphatic carbocycles. The van der Waals surface area contributed by atoms with E-state index < -0.39 is 0 Å². The summed E-state index contributed by atoms with van der Waals surface area (Å²) in [6, 6.07) is 3.50. The summed E-state index contributed by atoms with van der Waals surface area (Å²) in [5, 5.41) is 0. The highest BCUT2D eigenvalue weighted by Crippen LogP contribution is 2.00. The van der Waals surface area contributed by atoms with Crippen molar-refractivity contribution in [2.24, 2.45) is 0 Å². The van der Waals surface area contributed by atoms with Crippen molar-refractivity contribution < 1.29 is 4.79 Å². The van der Waals surface area contributed by atoms with E-state index in [1.165, 1.54) is 0 Å². The number of nitrogens with zero attached hydrogens (tertiary/aromatic N) is 1. The first-order chi connectivity index (χ1) is 5.70. The molecule has 0 spiro atoms. The molecule has 0 N–H and O–H groups in total. The van der Waals surface area contributed by atoms with Crippen LogP contribution in [0.4, 0.5) is 0 Å². The van der Waals surface area contributed by atoms with Crippen molar-refractivity contribution in [1.82, 2.24) is 4.98 Å². The number of hydrogen-bond acceptors (Lipinski definition) is 2. The van der Waals surface area contributed by atoms with Crippen molar-refractivity contribution in [1.29, 1.82) is 0 Å². The minimum Gasteiger partial charge on any atom is -0.295 e. The van der Waals surface area contributed by atoms with Crippen molar-refractivity contribution in [3.05, 3.63) is 29.6 Å². The summed E-state index contributed by atoms with van der Waals surface area (Å²) in [5.74, 6) is 0.0884. The van der Waals surface area contributed by atoms with E-state index in [9.17, 15) is 4.79 Å². The molecule has 1 aromatic heterocycles. The van der Waals surface area contributed by atoms with Crippen LogP contribution in [-0.2, 0) is 0 Å². The van der Waals surface area contributed by atoms with Crippen LogP contribution in [0.15, 0.2) is 18.3 Å². The maximum Gasteiger partial charge on any atom is 0.159 e. The Bertz CT molecular complexity index is 256. The third kappa shape index (κ3) is 3.28. The van der Waals surface area contributed by atoms with Gasteiger partial charge >= 0.3 is 0 Å². The second kappa shape index (κ2) is 5.47. The lowest BCUT2D eigenvalue weighted by Crippen LogP contribution is -1.92. The van der Waals surface area contributed by atoms with Gasteiger partial charge in [-0.3, -0.25) is 9.78 Å². The first-order valence-electron chi connectivity index (χ1n) is 4.14. The van der Waals surface area contributed by atoms with Gasteiger partial charge in [-0.2, -0.15) is 0 Å². The van der Waals surface area contributed by atoms with Crippen LogP contribution in [0.25, 0.3) is 0 Å². The molecule has 12 heavy (non-hydrogen) atoms. The third-order valence-corrected chi connectivity index (χ3v) is 1.30. The average Bonchev–Trinajstić information content (AvgIpc) is 2.08. The van der Waals surface area contributed by atoms with E-state index >= 15 is 0 Å². The predicted octanol–water partition coefficient (Wildman–Crippen LogP) is 2.62. The zero-order valence-corrected chi connectivity index (χ0v) is 8.09. The summed E-state index contributed by atoms with van der Waals surface area (Å²) in [5.41, 5.74) is 1.61. The van der Waals surface area contributed by atoms with Gasteiger partial charge in [0.25, 0.3) is 0 Å². The van der Waals surface area contributed by atoms with Crippen LogP contribution in [-0.4, -0.2) is 10.8 Å². The van der Waals surface area contributed by atoms with Gasteiger partial charge < -0.3 is 0 Å². The van der Waals surface area contributed by atoms with Gasteiger partial charge in [0, 0.05) is 17.5 Å². The molecule has 0 aliphatic heterocycles. The van der Waals surface area contributed by atoms with Crippen molar-refractivity contribution in [3.8, 4) is 0 Å². The molecule has 1 aromatic rings. The molecule has 2 nitrogen and oxygen atoms in total. The van der Waals surface area contributed by atoms with E-state index in [0.717, 1.165) is 11.3 Å². The fraction of sp³-hybridized carbons (Fsp3) is 0.400. The predicted molar refractivity (Wildman–Crippen MR) is 50.3 cm³/mol. The van der Waals surface area contributed by atoms with Crippen molar-refractivity contribution in [3.63, 3.8) is 0 Å². The minimum absolute atomic E-state index is 0.0884. The zero-order chi connectivity index (χ0) is 9.56. The Kier molecular flexibility index (Phi) is 4.93. The molecule has 0 saturated carbocycles. The van der Waals surface area contributed by atoms with E-state index in [4.69, 9.17) is 0 Å². The van der Waals surface area contributed by atoms with Crippen LogP contribution < -0.4 is 0 Å². The molecule has 0 atom stereocenters. The Hall–Kier alpha value is -1.18. The fourth-order valence-corrected chi connectivity index (χ4v) is 0.765. The van der Waals surface area contributed by atoms with Crippen LogP contribution in [0, 0.1) is 6.92 Å². The van der Waals surface area contributed by atoms with E-state index in [2.05, 4.69) is 4.98 Å². The molecule has 0 amide bonds. The van der Waals surface area contributed by atoms with E-state index in [-0.39, 0.29) is 5.78 Å². The number of ketones is 1. The lowest BCUT2D eigenvalue weighted by molar-refractivity contribution is 0.101. The number of aryl methyl sites for hydroxylation is 1. The second-order valence-corrected chi connectivity index (χ2v) is 2.24. The Morgan fingerprint density at radius 1 is 1.42 bits per heavy atom. The summed E-state index contributed by atoms with van der Waals surface area (Å²) >= 11 is 0. The Balaban J connectivity index is 0.000000561. The van der Waals surface area contributed by atoms with Crippen molar-refractivity contribution in [2.75, 3.05) is 0 Å². The quantitative estimate of drug-likeness (QED) is 0.599. The molecule has 0 aliphatic rings. The highest BCUT2D eigenvalue weighted by atomic mass is 16.1. The average molecular weight is 165 g/mol. The van der Waals surface area contributed by atoms with Crippen LogP contribution in [0.5, 0.6) is 0 Å². The van der Waals surface area contributed by atoms with Gasteiger partial charge in [0.15, 0.2) is 5.78 Å². The Morgan fingerprint density at radius 3 is 2.33 bits per heavy atom. The summed E-state index contributed by atoms with van der Waals surface area (Å²) in [4.78, 5) is 14.7. The van der Waals surface area contributed by atoms with Gasteiger partial charge in [-0.1, -0.05) is 13.8 Å². The molecular weight excluding hydrogens is 150 g/mol. The van der Waals surface area contributed by atoms with Crippen LogP contribution in [0.1, 0.15) is 36.8 Å². The first-order valence-corrected chi connectivity index (χ1v) is 4.14. The summed E-state index contributed by atoms with van der Waals surface area (Å²) in [7, 11) is 0. The molecule has 1 heterocycles.